The van der Waals surface area contributed by atoms with Crippen molar-refractivity contribution in [3.05, 3.63) is 65.7 Å². The molecule has 20 nitrogen and oxygen atoms in total. The lowest BCUT2D eigenvalue weighted by Crippen LogP contribution is -2.62. The smallest absolute Gasteiger partial charge is 0.326 e. The number of aliphatic carboxylic acids is 1. The Bertz CT molecular complexity index is 1780. The molecular formula is C37H50N8O12S. The van der Waals surface area contributed by atoms with Crippen molar-refractivity contribution < 1.29 is 58.8 Å². The lowest BCUT2D eigenvalue weighted by atomic mass is 10.0. The number of rotatable bonds is 21. The number of nitrogens with one attached hydrogen (secondary N) is 5. The summed E-state index contributed by atoms with van der Waals surface area (Å²) >= 11 is 4.13. The Morgan fingerprint density at radius 3 is 1.95 bits per heavy atom. The number of hydrogen-bond donors (Lipinski definition) is 12. The largest absolute Gasteiger partial charge is 0.508 e. The van der Waals surface area contributed by atoms with Gasteiger partial charge in [0.1, 0.15) is 42.0 Å². The van der Waals surface area contributed by atoms with Crippen LogP contribution in [0.2, 0.25) is 0 Å². The number of amides is 7. The summed E-state index contributed by atoms with van der Waals surface area (Å²) in [6.45, 7) is 0.396. The number of aliphatic hydroxyl groups excluding tert-OH is 2. The van der Waals surface area contributed by atoms with Gasteiger partial charge in [0.2, 0.25) is 41.4 Å². The monoisotopic (exact) mass is 830 g/mol. The van der Waals surface area contributed by atoms with Crippen molar-refractivity contribution in [1.29, 1.82) is 0 Å². The van der Waals surface area contributed by atoms with Crippen molar-refractivity contribution in [2.24, 2.45) is 11.5 Å². The second-order valence-electron chi connectivity index (χ2n) is 13.7. The van der Waals surface area contributed by atoms with E-state index in [-0.39, 0.29) is 37.3 Å². The molecule has 1 aliphatic rings. The van der Waals surface area contributed by atoms with Crippen LogP contribution in [0.5, 0.6) is 5.75 Å². The van der Waals surface area contributed by atoms with E-state index in [0.717, 1.165) is 11.8 Å². The van der Waals surface area contributed by atoms with E-state index in [1.165, 1.54) is 12.1 Å². The number of aliphatic hydroxyl groups is 2. The molecule has 1 aliphatic heterocycles. The summed E-state index contributed by atoms with van der Waals surface area (Å²) in [6, 6.07) is 4.21. The summed E-state index contributed by atoms with van der Waals surface area (Å²) in [5, 5.41) is 51.2. The third-order valence-electron chi connectivity index (χ3n) is 9.18. The number of nitrogens with zero attached hydrogens (tertiary/aromatic N) is 1. The number of carbonyl (C=O) groups excluding carboxylic acids is 7. The van der Waals surface area contributed by atoms with Crippen LogP contribution in [-0.2, 0) is 51.2 Å². The molecule has 0 aromatic heterocycles. The number of carboxylic acid groups (broad SMARTS) is 1. The van der Waals surface area contributed by atoms with Crippen LogP contribution < -0.4 is 38.1 Å². The number of nitrogens with two attached hydrogens (primary N) is 2. The van der Waals surface area contributed by atoms with E-state index in [2.05, 4.69) is 39.2 Å². The van der Waals surface area contributed by atoms with Gasteiger partial charge in [-0.25, -0.2) is 4.79 Å². The van der Waals surface area contributed by atoms with Crippen LogP contribution in [0.1, 0.15) is 37.3 Å². The van der Waals surface area contributed by atoms with E-state index < -0.39 is 109 Å². The highest BCUT2D eigenvalue weighted by Gasteiger charge is 2.40. The molecule has 58 heavy (non-hydrogen) atoms. The Hall–Kier alpha value is -5.77. The summed E-state index contributed by atoms with van der Waals surface area (Å²) in [6.07, 6.45) is -1.94. The number of carbonyl (C=O) groups is 8. The summed E-state index contributed by atoms with van der Waals surface area (Å²) in [7, 11) is 0. The molecule has 2 aromatic rings. The Kier molecular flexibility index (Phi) is 17.9. The molecule has 0 saturated carbocycles. The first-order valence-corrected chi connectivity index (χ1v) is 18.9. The first kappa shape index (κ1) is 46.6. The number of phenolic OH excluding ortho intramolecular Hbond substituents is 1. The molecule has 0 radical (unpaired) electrons. The molecule has 7 amide bonds. The number of likely N-dealkylation sites (tertiary alicyclic amines) is 1. The minimum Gasteiger partial charge on any atom is -0.508 e. The molecule has 1 fully saturated rings. The number of primary amides is 1. The average molecular weight is 831 g/mol. The van der Waals surface area contributed by atoms with E-state index in [9.17, 15) is 58.8 Å². The Labute approximate surface area is 338 Å². The zero-order valence-corrected chi connectivity index (χ0v) is 32.5. The van der Waals surface area contributed by atoms with Gasteiger partial charge in [-0.05, 0) is 49.4 Å². The number of aromatic hydroxyl groups is 1. The maximum atomic E-state index is 13.5. The molecule has 8 atom stereocenters. The predicted octanol–water partition coefficient (Wildman–Crippen LogP) is -3.82. The van der Waals surface area contributed by atoms with Gasteiger partial charge >= 0.3 is 5.97 Å². The number of hydrogen-bond acceptors (Lipinski definition) is 13. The first-order valence-electron chi connectivity index (χ1n) is 18.3. The topological polar surface area (TPSA) is 333 Å². The minimum absolute atomic E-state index is 0.0225. The van der Waals surface area contributed by atoms with E-state index in [1.54, 1.807) is 42.5 Å². The van der Waals surface area contributed by atoms with Gasteiger partial charge in [0.25, 0.3) is 0 Å². The SMILES string of the molecule is C[C@@H](O)[C@H](NC(=O)[C@H](CS)NC(=O)[C@@H]1CCCN1C(=O)[C@H](CO)NC(=O)[C@@H](N)Cc1ccc(O)cc1)C(=O)N[C@@H](CC(N)=O)C(=O)N[C@@H](Cc1ccccc1)C(=O)O. The lowest BCUT2D eigenvalue weighted by molar-refractivity contribution is -0.143. The van der Waals surface area contributed by atoms with E-state index in [0.29, 0.717) is 17.5 Å². The van der Waals surface area contributed by atoms with E-state index in [4.69, 9.17) is 11.5 Å². The molecule has 1 saturated heterocycles. The zero-order chi connectivity index (χ0) is 43.1. The van der Waals surface area contributed by atoms with Gasteiger partial charge in [-0.15, -0.1) is 0 Å². The molecule has 13 N–H and O–H groups in total. The number of carboxylic acids is 1. The fourth-order valence-electron chi connectivity index (χ4n) is 6.06. The van der Waals surface area contributed by atoms with Gasteiger partial charge in [0.05, 0.1) is 25.2 Å². The fraction of sp³-hybridized carbons (Fsp3) is 0.459. The molecule has 3 rings (SSSR count). The third kappa shape index (κ3) is 13.7. The zero-order valence-electron chi connectivity index (χ0n) is 31.6. The summed E-state index contributed by atoms with van der Waals surface area (Å²) in [4.78, 5) is 105. The van der Waals surface area contributed by atoms with Gasteiger partial charge < -0.3 is 63.4 Å². The average Bonchev–Trinajstić information content (AvgIpc) is 3.68. The minimum atomic E-state index is -1.77. The first-order chi connectivity index (χ1) is 27.4. The Morgan fingerprint density at radius 2 is 1.38 bits per heavy atom. The standard InChI is InChI=1S/C37H50N8O12S/c1-19(47)30(35(54)40-24(16-29(39)49)32(51)41-25(37(56)57)15-20-6-3-2-4-7-20)44-33(52)27(18-58)43-34(53)28-8-5-13-45(28)36(55)26(17-46)42-31(50)23(38)14-21-9-11-22(48)12-10-21/h2-4,6-7,9-12,19,23-28,30,46-48,58H,5,8,13-18,38H2,1H3,(H2,39,49)(H,40,54)(H,41,51)(H,42,50)(H,43,53)(H,44,52)(H,56,57)/t19-,23+,24+,25+,26+,27+,28+,30+/m1/s1. The van der Waals surface area contributed by atoms with Crippen molar-refractivity contribution in [1.82, 2.24) is 31.5 Å². The van der Waals surface area contributed by atoms with Gasteiger partial charge in [0.15, 0.2) is 0 Å². The van der Waals surface area contributed by atoms with Crippen molar-refractivity contribution in [3.8, 4) is 5.75 Å². The van der Waals surface area contributed by atoms with Crippen LogP contribution in [0.3, 0.4) is 0 Å². The highest BCUT2D eigenvalue weighted by molar-refractivity contribution is 7.80. The molecule has 0 aliphatic carbocycles. The lowest BCUT2D eigenvalue weighted by Gasteiger charge is -2.30. The maximum absolute atomic E-state index is 13.5. The molecule has 316 valence electrons. The van der Waals surface area contributed by atoms with Gasteiger partial charge in [0, 0.05) is 18.7 Å². The quantitative estimate of drug-likeness (QED) is 0.0538. The third-order valence-corrected chi connectivity index (χ3v) is 9.54. The normalized spacial score (nSPS) is 17.3. The summed E-state index contributed by atoms with van der Waals surface area (Å²) < 4.78 is 0. The van der Waals surface area contributed by atoms with Gasteiger partial charge in [-0.3, -0.25) is 33.6 Å². The fourth-order valence-corrected chi connectivity index (χ4v) is 6.32. The van der Waals surface area contributed by atoms with Crippen molar-refractivity contribution >= 4 is 59.9 Å². The summed E-state index contributed by atoms with van der Waals surface area (Å²) in [5.74, 6) is -8.32. The Balaban J connectivity index is 1.65. The van der Waals surface area contributed by atoms with Gasteiger partial charge in [-0.1, -0.05) is 42.5 Å². The highest BCUT2D eigenvalue weighted by Crippen LogP contribution is 2.19. The molecule has 21 heteroatoms. The van der Waals surface area contributed by atoms with Crippen LogP contribution >= 0.6 is 12.6 Å². The van der Waals surface area contributed by atoms with Crippen LogP contribution in [0.4, 0.5) is 0 Å². The molecule has 0 unspecified atom stereocenters. The van der Waals surface area contributed by atoms with Crippen LogP contribution in [0.25, 0.3) is 0 Å². The number of thiol groups is 1. The Morgan fingerprint density at radius 1 is 0.793 bits per heavy atom. The molecule has 1 heterocycles. The van der Waals surface area contributed by atoms with Crippen molar-refractivity contribution in [2.45, 2.75) is 87.4 Å². The van der Waals surface area contributed by atoms with E-state index in [1.807, 2.05) is 0 Å². The molecule has 0 spiro atoms. The number of benzene rings is 2. The van der Waals surface area contributed by atoms with Crippen LogP contribution in [0, 0.1) is 0 Å². The van der Waals surface area contributed by atoms with Crippen LogP contribution in [-0.4, -0.2) is 140 Å². The van der Waals surface area contributed by atoms with Crippen molar-refractivity contribution in [3.63, 3.8) is 0 Å². The molecule has 0 bridgehead atoms. The van der Waals surface area contributed by atoms with Crippen molar-refractivity contribution in [2.75, 3.05) is 18.9 Å². The number of phenols is 1. The summed E-state index contributed by atoms with van der Waals surface area (Å²) in [5.41, 5.74) is 12.5. The van der Waals surface area contributed by atoms with Crippen LogP contribution in [0.15, 0.2) is 54.6 Å². The highest BCUT2D eigenvalue weighted by atomic mass is 32.1. The van der Waals surface area contributed by atoms with E-state index >= 15 is 0 Å². The van der Waals surface area contributed by atoms with Gasteiger partial charge in [-0.2, -0.15) is 12.6 Å². The molecular weight excluding hydrogens is 781 g/mol. The second kappa shape index (κ2) is 22.2. The predicted molar refractivity (Wildman–Crippen MR) is 208 cm³/mol. The maximum Gasteiger partial charge on any atom is 0.326 e. The molecule has 2 aromatic carbocycles. The second-order valence-corrected chi connectivity index (χ2v) is 14.1.